The van der Waals surface area contributed by atoms with Crippen LogP contribution in [-0.2, 0) is 4.79 Å². The number of aromatic nitrogens is 2. The van der Waals surface area contributed by atoms with Gasteiger partial charge in [-0.15, -0.1) is 0 Å². The normalized spacial score (nSPS) is 9.80. The van der Waals surface area contributed by atoms with Crippen molar-refractivity contribution in [2.45, 2.75) is 20.3 Å². The van der Waals surface area contributed by atoms with Gasteiger partial charge in [0.15, 0.2) is 0 Å². The third-order valence-electron chi connectivity index (χ3n) is 2.13. The summed E-state index contributed by atoms with van der Waals surface area (Å²) in [6, 6.07) is 0. The third kappa shape index (κ3) is 3.53. The van der Waals surface area contributed by atoms with Crippen molar-refractivity contribution in [3.63, 3.8) is 0 Å². The lowest BCUT2D eigenvalue weighted by Gasteiger charge is -2.06. The summed E-state index contributed by atoms with van der Waals surface area (Å²) in [6.07, 6.45) is 2.11. The number of hydrogen-bond acceptors (Lipinski definition) is 4. The summed E-state index contributed by atoms with van der Waals surface area (Å²) in [7, 11) is 1.62. The van der Waals surface area contributed by atoms with Gasteiger partial charge in [0.2, 0.25) is 5.91 Å². The topological polar surface area (TPSA) is 66.9 Å². The highest BCUT2D eigenvalue weighted by atomic mass is 16.1. The number of nitrogens with one attached hydrogen (secondary N) is 2. The monoisotopic (exact) mass is 208 g/mol. The fraction of sp³-hybridized carbons (Fsp3) is 0.500. The Morgan fingerprint density at radius 3 is 2.73 bits per heavy atom. The minimum atomic E-state index is 0.0132. The van der Waals surface area contributed by atoms with Crippen LogP contribution in [0.4, 0.5) is 5.82 Å². The SMILES string of the molecule is CNC(=O)CCNc1cnc(C)c(C)n1. The van der Waals surface area contributed by atoms with Crippen LogP contribution in [0.15, 0.2) is 6.20 Å². The Bertz CT molecular complexity index is 351. The molecule has 2 N–H and O–H groups in total. The Labute approximate surface area is 89.3 Å². The van der Waals surface area contributed by atoms with Crippen LogP contribution in [0, 0.1) is 13.8 Å². The predicted molar refractivity (Wildman–Crippen MR) is 58.7 cm³/mol. The van der Waals surface area contributed by atoms with Gasteiger partial charge in [0.1, 0.15) is 5.82 Å². The predicted octanol–water partition coefficient (Wildman–Crippen LogP) is 0.641. The van der Waals surface area contributed by atoms with Crippen molar-refractivity contribution in [3.8, 4) is 0 Å². The molecule has 15 heavy (non-hydrogen) atoms. The minimum Gasteiger partial charge on any atom is -0.368 e. The first-order valence-electron chi connectivity index (χ1n) is 4.88. The van der Waals surface area contributed by atoms with Gasteiger partial charge < -0.3 is 10.6 Å². The number of aryl methyl sites for hydroxylation is 2. The van der Waals surface area contributed by atoms with Crippen LogP contribution < -0.4 is 10.6 Å². The van der Waals surface area contributed by atoms with E-state index in [2.05, 4.69) is 20.6 Å². The van der Waals surface area contributed by atoms with E-state index >= 15 is 0 Å². The molecule has 0 aliphatic carbocycles. The van der Waals surface area contributed by atoms with Gasteiger partial charge >= 0.3 is 0 Å². The van der Waals surface area contributed by atoms with E-state index in [1.807, 2.05) is 13.8 Å². The number of rotatable bonds is 4. The Hall–Kier alpha value is -1.65. The Balaban J connectivity index is 2.44. The van der Waals surface area contributed by atoms with Crippen molar-refractivity contribution in [2.24, 2.45) is 0 Å². The van der Waals surface area contributed by atoms with Gasteiger partial charge in [-0.3, -0.25) is 9.78 Å². The van der Waals surface area contributed by atoms with Crippen molar-refractivity contribution in [1.29, 1.82) is 0 Å². The summed E-state index contributed by atoms with van der Waals surface area (Å²) in [5.41, 5.74) is 1.83. The number of amides is 1. The van der Waals surface area contributed by atoms with Crippen LogP contribution >= 0.6 is 0 Å². The van der Waals surface area contributed by atoms with E-state index in [1.165, 1.54) is 0 Å². The smallest absolute Gasteiger partial charge is 0.221 e. The lowest BCUT2D eigenvalue weighted by atomic mass is 10.3. The van der Waals surface area contributed by atoms with Gasteiger partial charge in [-0.1, -0.05) is 0 Å². The van der Waals surface area contributed by atoms with Crippen LogP contribution in [0.1, 0.15) is 17.8 Å². The zero-order chi connectivity index (χ0) is 11.3. The molecule has 5 heteroatoms. The summed E-state index contributed by atoms with van der Waals surface area (Å²) < 4.78 is 0. The van der Waals surface area contributed by atoms with Crippen molar-refractivity contribution in [2.75, 3.05) is 18.9 Å². The number of carbonyl (C=O) groups is 1. The van der Waals surface area contributed by atoms with Gasteiger partial charge in [0.25, 0.3) is 0 Å². The largest absolute Gasteiger partial charge is 0.368 e. The third-order valence-corrected chi connectivity index (χ3v) is 2.13. The molecule has 82 valence electrons. The molecule has 0 aliphatic rings. The quantitative estimate of drug-likeness (QED) is 0.762. The summed E-state index contributed by atoms with van der Waals surface area (Å²) in [6.45, 7) is 4.39. The molecular formula is C10H16N4O. The lowest BCUT2D eigenvalue weighted by molar-refractivity contribution is -0.120. The molecule has 0 bridgehead atoms. The van der Waals surface area contributed by atoms with E-state index in [4.69, 9.17) is 0 Å². The molecule has 0 saturated carbocycles. The molecule has 0 spiro atoms. The summed E-state index contributed by atoms with van der Waals surface area (Å²) in [5.74, 6) is 0.723. The van der Waals surface area contributed by atoms with Gasteiger partial charge in [-0.25, -0.2) is 4.98 Å². The molecule has 0 aromatic carbocycles. The molecule has 0 unspecified atom stereocenters. The lowest BCUT2D eigenvalue weighted by Crippen LogP contribution is -2.21. The minimum absolute atomic E-state index is 0.0132. The fourth-order valence-electron chi connectivity index (χ4n) is 1.06. The standard InChI is InChI=1S/C10H16N4O/c1-7-8(2)14-9(6-13-7)12-5-4-10(15)11-3/h6H,4-5H2,1-3H3,(H,11,15)(H,12,14). The summed E-state index contributed by atoms with van der Waals surface area (Å²) in [5, 5.41) is 5.60. The van der Waals surface area contributed by atoms with Crippen molar-refractivity contribution >= 4 is 11.7 Å². The Morgan fingerprint density at radius 1 is 1.40 bits per heavy atom. The van der Waals surface area contributed by atoms with E-state index in [1.54, 1.807) is 13.2 Å². The number of nitrogens with zero attached hydrogens (tertiary/aromatic N) is 2. The first-order chi connectivity index (χ1) is 7.13. The molecular weight excluding hydrogens is 192 g/mol. The maximum atomic E-state index is 10.9. The second kappa shape index (κ2) is 5.29. The van der Waals surface area contributed by atoms with Gasteiger partial charge in [-0.2, -0.15) is 0 Å². The molecule has 0 fully saturated rings. The molecule has 0 atom stereocenters. The molecule has 5 nitrogen and oxygen atoms in total. The van der Waals surface area contributed by atoms with E-state index in [-0.39, 0.29) is 5.91 Å². The maximum absolute atomic E-state index is 10.9. The number of anilines is 1. The molecule has 1 heterocycles. The maximum Gasteiger partial charge on any atom is 0.221 e. The van der Waals surface area contributed by atoms with Crippen molar-refractivity contribution in [3.05, 3.63) is 17.6 Å². The Morgan fingerprint density at radius 2 is 2.13 bits per heavy atom. The highest BCUT2D eigenvalue weighted by Crippen LogP contribution is 2.05. The summed E-state index contributed by atoms with van der Waals surface area (Å²) >= 11 is 0. The van der Waals surface area contributed by atoms with Gasteiger partial charge in [0.05, 0.1) is 17.6 Å². The average Bonchev–Trinajstić information content (AvgIpc) is 2.23. The first kappa shape index (κ1) is 11.4. The molecule has 1 amide bonds. The van der Waals surface area contributed by atoms with Crippen LogP contribution in [0.25, 0.3) is 0 Å². The molecule has 0 saturated heterocycles. The van der Waals surface area contributed by atoms with Crippen molar-refractivity contribution in [1.82, 2.24) is 15.3 Å². The first-order valence-corrected chi connectivity index (χ1v) is 4.88. The van der Waals surface area contributed by atoms with Crippen LogP contribution in [0.2, 0.25) is 0 Å². The van der Waals surface area contributed by atoms with E-state index in [0.29, 0.717) is 18.8 Å². The molecule has 1 aromatic rings. The highest BCUT2D eigenvalue weighted by molar-refractivity contribution is 5.75. The van der Waals surface area contributed by atoms with Crippen LogP contribution in [0.3, 0.4) is 0 Å². The van der Waals surface area contributed by atoms with Gasteiger partial charge in [0, 0.05) is 20.0 Å². The molecule has 1 aromatic heterocycles. The van der Waals surface area contributed by atoms with Crippen LogP contribution in [-0.4, -0.2) is 29.5 Å². The number of hydrogen-bond donors (Lipinski definition) is 2. The van der Waals surface area contributed by atoms with E-state index < -0.39 is 0 Å². The highest BCUT2D eigenvalue weighted by Gasteiger charge is 2.00. The molecule has 1 rings (SSSR count). The summed E-state index contributed by atoms with van der Waals surface area (Å²) in [4.78, 5) is 19.4. The molecule has 0 aliphatic heterocycles. The number of carbonyl (C=O) groups excluding carboxylic acids is 1. The van der Waals surface area contributed by atoms with E-state index in [9.17, 15) is 4.79 Å². The Kier molecular flexibility index (Phi) is 4.03. The zero-order valence-electron chi connectivity index (χ0n) is 9.29. The zero-order valence-corrected chi connectivity index (χ0v) is 9.29. The second-order valence-corrected chi connectivity index (χ2v) is 3.28. The van der Waals surface area contributed by atoms with Gasteiger partial charge in [-0.05, 0) is 13.8 Å². The van der Waals surface area contributed by atoms with Crippen LogP contribution in [0.5, 0.6) is 0 Å². The van der Waals surface area contributed by atoms with E-state index in [0.717, 1.165) is 11.4 Å². The fourth-order valence-corrected chi connectivity index (χ4v) is 1.06. The molecule has 0 radical (unpaired) electrons. The second-order valence-electron chi connectivity index (χ2n) is 3.28. The average molecular weight is 208 g/mol. The van der Waals surface area contributed by atoms with Crippen molar-refractivity contribution < 1.29 is 4.79 Å².